The molecule has 5 heteroatoms. The predicted octanol–water partition coefficient (Wildman–Crippen LogP) is 3.05. The second-order valence-electron chi connectivity index (χ2n) is 5.93. The molecule has 1 aromatic carbocycles. The molecular formula is C16H19N3O2. The van der Waals surface area contributed by atoms with E-state index in [0.29, 0.717) is 12.2 Å². The predicted molar refractivity (Wildman–Crippen MR) is 78.7 cm³/mol. The smallest absolute Gasteiger partial charge is 0.303 e. The van der Waals surface area contributed by atoms with Crippen LogP contribution in [0.25, 0.3) is 11.4 Å². The Labute approximate surface area is 123 Å². The Balaban J connectivity index is 1.78. The number of H-pyrrole nitrogens is 1. The third kappa shape index (κ3) is 3.12. The van der Waals surface area contributed by atoms with E-state index in [1.54, 1.807) is 0 Å². The quantitative estimate of drug-likeness (QED) is 0.885. The van der Waals surface area contributed by atoms with Crippen LogP contribution >= 0.6 is 0 Å². The standard InChI is InChI=1S/C16H19N3O2/c20-14(21)11-16(8-4-5-9-16)10-13-17-15(19-18-13)12-6-2-1-3-7-12/h1-3,6-7H,4-5,8-11H2,(H,20,21)(H,17,18,19). The van der Waals surface area contributed by atoms with Crippen LogP contribution in [0.1, 0.15) is 37.9 Å². The number of aromatic amines is 1. The molecule has 0 radical (unpaired) electrons. The highest BCUT2D eigenvalue weighted by molar-refractivity contribution is 5.67. The third-order valence-electron chi connectivity index (χ3n) is 4.30. The number of rotatable bonds is 5. The fourth-order valence-corrected chi connectivity index (χ4v) is 3.31. The molecular weight excluding hydrogens is 266 g/mol. The van der Waals surface area contributed by atoms with E-state index in [2.05, 4.69) is 15.2 Å². The Morgan fingerprint density at radius 2 is 1.95 bits per heavy atom. The van der Waals surface area contributed by atoms with Gasteiger partial charge in [0.2, 0.25) is 0 Å². The second-order valence-corrected chi connectivity index (χ2v) is 5.93. The summed E-state index contributed by atoms with van der Waals surface area (Å²) in [5, 5.41) is 16.4. The van der Waals surface area contributed by atoms with Gasteiger partial charge in [0, 0.05) is 12.0 Å². The van der Waals surface area contributed by atoms with Gasteiger partial charge in [-0.25, -0.2) is 4.98 Å². The first-order valence-electron chi connectivity index (χ1n) is 7.35. The van der Waals surface area contributed by atoms with Crippen LogP contribution in [0.15, 0.2) is 30.3 Å². The Kier molecular flexibility index (Phi) is 3.73. The van der Waals surface area contributed by atoms with Gasteiger partial charge in [-0.1, -0.05) is 43.2 Å². The van der Waals surface area contributed by atoms with Crippen molar-refractivity contribution in [2.24, 2.45) is 5.41 Å². The largest absolute Gasteiger partial charge is 0.481 e. The summed E-state index contributed by atoms with van der Waals surface area (Å²) in [6, 6.07) is 9.80. The molecule has 1 aliphatic carbocycles. The summed E-state index contributed by atoms with van der Waals surface area (Å²) in [4.78, 5) is 15.7. The van der Waals surface area contributed by atoms with Gasteiger partial charge in [0.05, 0.1) is 6.42 Å². The normalized spacial score (nSPS) is 17.0. The van der Waals surface area contributed by atoms with Crippen LogP contribution in [0.3, 0.4) is 0 Å². The molecule has 0 spiro atoms. The fourth-order valence-electron chi connectivity index (χ4n) is 3.31. The van der Waals surface area contributed by atoms with Gasteiger partial charge in [-0.3, -0.25) is 9.89 Å². The zero-order valence-corrected chi connectivity index (χ0v) is 11.9. The Hall–Kier alpha value is -2.17. The molecule has 0 atom stereocenters. The van der Waals surface area contributed by atoms with Gasteiger partial charge in [-0.05, 0) is 18.3 Å². The number of aromatic nitrogens is 3. The summed E-state index contributed by atoms with van der Waals surface area (Å²) in [5.41, 5.74) is 0.818. The van der Waals surface area contributed by atoms with Gasteiger partial charge >= 0.3 is 5.97 Å². The number of hydrogen-bond donors (Lipinski definition) is 2. The highest BCUT2D eigenvalue weighted by atomic mass is 16.4. The minimum Gasteiger partial charge on any atom is -0.481 e. The number of nitrogens with one attached hydrogen (secondary N) is 1. The Bertz CT molecular complexity index is 615. The molecule has 3 rings (SSSR count). The molecule has 1 saturated carbocycles. The average molecular weight is 285 g/mol. The van der Waals surface area contributed by atoms with E-state index in [1.165, 1.54) is 0 Å². The third-order valence-corrected chi connectivity index (χ3v) is 4.30. The number of carboxylic acids is 1. The van der Waals surface area contributed by atoms with E-state index in [1.807, 2.05) is 30.3 Å². The molecule has 21 heavy (non-hydrogen) atoms. The molecule has 2 aromatic rings. The molecule has 0 saturated heterocycles. The van der Waals surface area contributed by atoms with Crippen LogP contribution in [0, 0.1) is 5.41 Å². The molecule has 110 valence electrons. The van der Waals surface area contributed by atoms with Gasteiger partial charge in [-0.2, -0.15) is 5.10 Å². The molecule has 1 aromatic heterocycles. The number of hydrogen-bond acceptors (Lipinski definition) is 3. The number of nitrogens with zero attached hydrogens (tertiary/aromatic N) is 2. The lowest BCUT2D eigenvalue weighted by molar-refractivity contribution is -0.139. The number of carboxylic acid groups (broad SMARTS) is 1. The number of benzene rings is 1. The maximum absolute atomic E-state index is 11.1. The summed E-state index contributed by atoms with van der Waals surface area (Å²) in [6.45, 7) is 0. The average Bonchev–Trinajstić information content (AvgIpc) is 3.09. The SMILES string of the molecule is O=C(O)CC1(Cc2nc(-c3ccccc3)n[nH]2)CCCC1. The molecule has 1 fully saturated rings. The van der Waals surface area contributed by atoms with Crippen molar-refractivity contribution in [2.45, 2.75) is 38.5 Å². The minimum atomic E-state index is -0.723. The van der Waals surface area contributed by atoms with E-state index in [-0.39, 0.29) is 11.8 Å². The molecule has 0 aliphatic heterocycles. The second kappa shape index (κ2) is 5.68. The maximum Gasteiger partial charge on any atom is 0.303 e. The zero-order chi connectivity index (χ0) is 14.7. The van der Waals surface area contributed by atoms with E-state index in [0.717, 1.165) is 37.1 Å². The minimum absolute atomic E-state index is 0.153. The van der Waals surface area contributed by atoms with Crippen molar-refractivity contribution in [3.05, 3.63) is 36.2 Å². The first-order valence-corrected chi connectivity index (χ1v) is 7.35. The Morgan fingerprint density at radius 1 is 1.24 bits per heavy atom. The van der Waals surface area contributed by atoms with Crippen molar-refractivity contribution in [3.8, 4) is 11.4 Å². The van der Waals surface area contributed by atoms with Crippen molar-refractivity contribution in [3.63, 3.8) is 0 Å². The van der Waals surface area contributed by atoms with Gasteiger partial charge in [0.1, 0.15) is 5.82 Å². The molecule has 0 bridgehead atoms. The Morgan fingerprint density at radius 3 is 2.62 bits per heavy atom. The van der Waals surface area contributed by atoms with Crippen molar-refractivity contribution in [1.29, 1.82) is 0 Å². The summed E-state index contributed by atoms with van der Waals surface area (Å²) in [6.07, 6.45) is 5.01. The molecule has 0 unspecified atom stereocenters. The maximum atomic E-state index is 11.1. The van der Waals surface area contributed by atoms with Crippen molar-refractivity contribution < 1.29 is 9.90 Å². The van der Waals surface area contributed by atoms with Crippen molar-refractivity contribution >= 4 is 5.97 Å². The van der Waals surface area contributed by atoms with E-state index in [4.69, 9.17) is 5.11 Å². The summed E-state index contributed by atoms with van der Waals surface area (Å²) in [5.74, 6) is 0.741. The van der Waals surface area contributed by atoms with Crippen LogP contribution in [0.2, 0.25) is 0 Å². The number of carbonyl (C=O) groups is 1. The van der Waals surface area contributed by atoms with E-state index < -0.39 is 5.97 Å². The highest BCUT2D eigenvalue weighted by Gasteiger charge is 2.37. The molecule has 5 nitrogen and oxygen atoms in total. The lowest BCUT2D eigenvalue weighted by Gasteiger charge is -2.25. The first kappa shape index (κ1) is 13.8. The molecule has 1 heterocycles. The van der Waals surface area contributed by atoms with Crippen LogP contribution in [-0.4, -0.2) is 26.3 Å². The van der Waals surface area contributed by atoms with Crippen LogP contribution in [0.5, 0.6) is 0 Å². The van der Waals surface area contributed by atoms with E-state index in [9.17, 15) is 4.79 Å². The van der Waals surface area contributed by atoms with Crippen molar-refractivity contribution in [1.82, 2.24) is 15.2 Å². The summed E-state index contributed by atoms with van der Waals surface area (Å²) in [7, 11) is 0. The molecule has 0 amide bonds. The topological polar surface area (TPSA) is 78.9 Å². The molecule has 1 aliphatic rings. The van der Waals surface area contributed by atoms with Gasteiger partial charge < -0.3 is 5.11 Å². The van der Waals surface area contributed by atoms with E-state index >= 15 is 0 Å². The lowest BCUT2D eigenvalue weighted by atomic mass is 9.79. The van der Waals surface area contributed by atoms with Gasteiger partial charge in [0.15, 0.2) is 5.82 Å². The van der Waals surface area contributed by atoms with Gasteiger partial charge in [-0.15, -0.1) is 0 Å². The summed E-state index contributed by atoms with van der Waals surface area (Å²) < 4.78 is 0. The molecule has 2 N–H and O–H groups in total. The number of aliphatic carboxylic acids is 1. The van der Waals surface area contributed by atoms with Crippen LogP contribution in [0.4, 0.5) is 0 Å². The zero-order valence-electron chi connectivity index (χ0n) is 11.9. The monoisotopic (exact) mass is 285 g/mol. The summed E-state index contributed by atoms with van der Waals surface area (Å²) >= 11 is 0. The highest BCUT2D eigenvalue weighted by Crippen LogP contribution is 2.43. The van der Waals surface area contributed by atoms with Gasteiger partial charge in [0.25, 0.3) is 0 Å². The van der Waals surface area contributed by atoms with Crippen LogP contribution < -0.4 is 0 Å². The first-order chi connectivity index (χ1) is 10.2. The fraction of sp³-hybridized carbons (Fsp3) is 0.438. The lowest BCUT2D eigenvalue weighted by Crippen LogP contribution is -2.24. The van der Waals surface area contributed by atoms with Crippen LogP contribution in [-0.2, 0) is 11.2 Å². The van der Waals surface area contributed by atoms with Crippen molar-refractivity contribution in [2.75, 3.05) is 0 Å².